The average Bonchev–Trinajstić information content (AvgIpc) is 3.42. The smallest absolute Gasteiger partial charge is 0.261 e. The zero-order chi connectivity index (χ0) is 22.3. The summed E-state index contributed by atoms with van der Waals surface area (Å²) in [5.41, 5.74) is 4.54. The second kappa shape index (κ2) is 7.85. The van der Waals surface area contributed by atoms with Crippen molar-refractivity contribution in [3.63, 3.8) is 0 Å². The van der Waals surface area contributed by atoms with E-state index in [4.69, 9.17) is 5.10 Å². The number of nitrogens with one attached hydrogen (secondary N) is 1. The minimum atomic E-state index is -3.67. The highest BCUT2D eigenvalue weighted by atomic mass is 32.2. The van der Waals surface area contributed by atoms with Crippen LogP contribution in [0.5, 0.6) is 0 Å². The van der Waals surface area contributed by atoms with Crippen LogP contribution in [0.4, 0.5) is 5.69 Å². The van der Waals surface area contributed by atoms with Gasteiger partial charge in [-0.25, -0.2) is 8.42 Å². The van der Waals surface area contributed by atoms with Gasteiger partial charge in [0.2, 0.25) is 0 Å². The van der Waals surface area contributed by atoms with E-state index in [0.717, 1.165) is 27.3 Å². The summed E-state index contributed by atoms with van der Waals surface area (Å²) in [6, 6.07) is 20.1. The summed E-state index contributed by atoms with van der Waals surface area (Å²) in [6.45, 7) is 3.76. The van der Waals surface area contributed by atoms with Gasteiger partial charge in [0.15, 0.2) is 11.5 Å². The van der Waals surface area contributed by atoms with Crippen LogP contribution in [-0.2, 0) is 10.0 Å². The van der Waals surface area contributed by atoms with E-state index in [9.17, 15) is 8.42 Å². The highest BCUT2D eigenvalue weighted by Crippen LogP contribution is 2.26. The predicted molar refractivity (Wildman–Crippen MR) is 126 cm³/mol. The fourth-order valence-electron chi connectivity index (χ4n) is 3.51. The highest BCUT2D eigenvalue weighted by molar-refractivity contribution is 7.92. The van der Waals surface area contributed by atoms with E-state index in [2.05, 4.69) is 14.9 Å². The number of hydrogen-bond acceptors (Lipinski definition) is 6. The Hall–Kier alpha value is -3.56. The van der Waals surface area contributed by atoms with Crippen LogP contribution in [0.2, 0.25) is 0 Å². The molecule has 9 heteroatoms. The summed E-state index contributed by atoms with van der Waals surface area (Å²) in [6.07, 6.45) is 0. The van der Waals surface area contributed by atoms with Gasteiger partial charge < -0.3 is 0 Å². The molecular formula is C23H19N5O2S2. The van der Waals surface area contributed by atoms with Crippen molar-refractivity contribution in [2.75, 3.05) is 4.72 Å². The second-order valence-corrected chi connectivity index (χ2v) is 10.1. The molecule has 0 atom stereocenters. The van der Waals surface area contributed by atoms with Crippen molar-refractivity contribution in [3.8, 4) is 22.0 Å². The van der Waals surface area contributed by atoms with Crippen molar-refractivity contribution in [2.45, 2.75) is 18.7 Å². The van der Waals surface area contributed by atoms with Crippen LogP contribution in [-0.4, -0.2) is 28.2 Å². The molecule has 0 saturated carbocycles. The molecule has 0 spiro atoms. The molecule has 0 aliphatic carbocycles. The molecule has 160 valence electrons. The van der Waals surface area contributed by atoms with Gasteiger partial charge in [0.25, 0.3) is 10.0 Å². The molecule has 5 rings (SSSR count). The van der Waals surface area contributed by atoms with Gasteiger partial charge in [0.1, 0.15) is 0 Å². The Bertz CT molecular complexity index is 1500. The maximum atomic E-state index is 12.8. The van der Waals surface area contributed by atoms with Gasteiger partial charge >= 0.3 is 0 Å². The molecule has 0 bridgehead atoms. The van der Waals surface area contributed by atoms with E-state index in [1.165, 1.54) is 0 Å². The molecule has 0 saturated heterocycles. The lowest BCUT2D eigenvalue weighted by Gasteiger charge is -2.10. The number of rotatable bonds is 5. The fourth-order valence-corrected chi connectivity index (χ4v) is 5.45. The molecule has 0 aliphatic heterocycles. The van der Waals surface area contributed by atoms with Crippen molar-refractivity contribution in [2.24, 2.45) is 0 Å². The molecule has 0 radical (unpaired) electrons. The molecule has 5 aromatic rings. The van der Waals surface area contributed by atoms with Crippen LogP contribution in [0.25, 0.3) is 27.6 Å². The summed E-state index contributed by atoms with van der Waals surface area (Å²) in [5, 5.41) is 15.1. The highest BCUT2D eigenvalue weighted by Gasteiger charge is 2.16. The first-order valence-corrected chi connectivity index (χ1v) is 12.2. The minimum Gasteiger partial charge on any atom is -0.280 e. The number of sulfonamides is 1. The topological polar surface area (TPSA) is 89.2 Å². The first-order chi connectivity index (χ1) is 15.4. The number of nitrogens with zero attached hydrogens (tertiary/aromatic N) is 4. The van der Waals surface area contributed by atoms with E-state index in [1.54, 1.807) is 40.1 Å². The zero-order valence-corrected chi connectivity index (χ0v) is 19.0. The number of benzene rings is 2. The lowest BCUT2D eigenvalue weighted by atomic mass is 10.1. The Kier molecular flexibility index (Phi) is 4.99. The normalized spacial score (nSPS) is 11.7. The van der Waals surface area contributed by atoms with Gasteiger partial charge in [-0.2, -0.15) is 9.61 Å². The molecule has 0 fully saturated rings. The number of hydrogen-bond donors (Lipinski definition) is 1. The Morgan fingerprint density at radius 3 is 2.34 bits per heavy atom. The second-order valence-electron chi connectivity index (χ2n) is 7.50. The van der Waals surface area contributed by atoms with E-state index in [0.29, 0.717) is 17.2 Å². The summed E-state index contributed by atoms with van der Waals surface area (Å²) in [4.78, 5) is 1.23. The van der Waals surface area contributed by atoms with Crippen molar-refractivity contribution in [1.82, 2.24) is 19.8 Å². The molecule has 1 N–H and O–H groups in total. The van der Waals surface area contributed by atoms with E-state index in [1.807, 2.05) is 61.7 Å². The summed E-state index contributed by atoms with van der Waals surface area (Å²) in [5.74, 6) is 0.690. The Balaban J connectivity index is 1.43. The third-order valence-electron chi connectivity index (χ3n) is 4.94. The number of thiophene rings is 1. The zero-order valence-electron chi connectivity index (χ0n) is 17.4. The molecule has 3 aromatic heterocycles. The van der Waals surface area contributed by atoms with Gasteiger partial charge in [-0.05, 0) is 72.8 Å². The lowest BCUT2D eigenvalue weighted by Crippen LogP contribution is -2.13. The van der Waals surface area contributed by atoms with Crippen LogP contribution < -0.4 is 4.72 Å². The third-order valence-corrected chi connectivity index (χ3v) is 7.17. The predicted octanol–water partition coefficient (Wildman–Crippen LogP) is 4.94. The molecule has 7 nitrogen and oxygen atoms in total. The van der Waals surface area contributed by atoms with Crippen LogP contribution in [0, 0.1) is 13.8 Å². The molecule has 32 heavy (non-hydrogen) atoms. The van der Waals surface area contributed by atoms with Crippen LogP contribution in [0.15, 0.2) is 77.0 Å². The van der Waals surface area contributed by atoms with Crippen molar-refractivity contribution in [1.29, 1.82) is 0 Å². The van der Waals surface area contributed by atoms with E-state index < -0.39 is 10.0 Å². The Morgan fingerprint density at radius 2 is 1.66 bits per heavy atom. The SMILES string of the molecule is Cc1cc(C)cc(S(=O)(=O)Nc2ccc(-c3ccc4nnc(-c5cccs5)n4n3)cc2)c1. The van der Waals surface area contributed by atoms with Gasteiger partial charge in [0, 0.05) is 11.3 Å². The van der Waals surface area contributed by atoms with Crippen molar-refractivity contribution in [3.05, 3.63) is 83.2 Å². The molecule has 2 aromatic carbocycles. The maximum absolute atomic E-state index is 12.8. The molecule has 3 heterocycles. The van der Waals surface area contributed by atoms with Crippen LogP contribution in [0.3, 0.4) is 0 Å². The van der Waals surface area contributed by atoms with Crippen LogP contribution >= 0.6 is 11.3 Å². The largest absolute Gasteiger partial charge is 0.280 e. The minimum absolute atomic E-state index is 0.250. The van der Waals surface area contributed by atoms with E-state index in [-0.39, 0.29) is 4.90 Å². The number of fused-ring (bicyclic) bond motifs is 1. The number of aryl methyl sites for hydroxylation is 2. The lowest BCUT2D eigenvalue weighted by molar-refractivity contribution is 0.601. The first kappa shape index (κ1) is 20.3. The van der Waals surface area contributed by atoms with Crippen LogP contribution in [0.1, 0.15) is 11.1 Å². The molecule has 0 aliphatic rings. The number of aromatic nitrogens is 4. The summed E-state index contributed by atoms with van der Waals surface area (Å²) < 4.78 is 29.9. The molecular weight excluding hydrogens is 442 g/mol. The van der Waals surface area contributed by atoms with Gasteiger partial charge in [-0.15, -0.1) is 21.5 Å². The van der Waals surface area contributed by atoms with E-state index >= 15 is 0 Å². The first-order valence-electron chi connectivity index (χ1n) is 9.87. The summed E-state index contributed by atoms with van der Waals surface area (Å²) in [7, 11) is -3.67. The standard InChI is InChI=1S/C23H19N5O2S2/c1-15-12-16(2)14-19(13-15)32(29,30)27-18-7-5-17(6-8-18)20-9-10-22-24-25-23(28(22)26-20)21-4-3-11-31-21/h3-14,27H,1-2H3. The van der Waals surface area contributed by atoms with Gasteiger partial charge in [-0.1, -0.05) is 24.3 Å². The average molecular weight is 462 g/mol. The third kappa shape index (κ3) is 3.88. The van der Waals surface area contributed by atoms with Crippen molar-refractivity contribution < 1.29 is 8.42 Å². The monoisotopic (exact) mass is 461 g/mol. The molecule has 0 amide bonds. The quantitative estimate of drug-likeness (QED) is 0.401. The number of anilines is 1. The summed E-state index contributed by atoms with van der Waals surface area (Å²) >= 11 is 1.58. The maximum Gasteiger partial charge on any atom is 0.261 e. The van der Waals surface area contributed by atoms with Crippen molar-refractivity contribution >= 4 is 32.7 Å². The molecule has 0 unspecified atom stereocenters. The fraction of sp³-hybridized carbons (Fsp3) is 0.0870. The van der Waals surface area contributed by atoms with Gasteiger partial charge in [-0.3, -0.25) is 4.72 Å². The Morgan fingerprint density at radius 1 is 0.906 bits per heavy atom. The van der Waals surface area contributed by atoms with Gasteiger partial charge in [0.05, 0.1) is 15.5 Å². The Labute approximate surface area is 189 Å².